The second-order valence-corrected chi connectivity index (χ2v) is 9.05. The van der Waals surface area contributed by atoms with Crippen LogP contribution < -0.4 is 0 Å². The summed E-state index contributed by atoms with van der Waals surface area (Å²) in [6.45, 7) is 8.65. The highest BCUT2D eigenvalue weighted by atomic mass is 16.6. The summed E-state index contributed by atoms with van der Waals surface area (Å²) < 4.78 is 5.48. The molecule has 0 radical (unpaired) electrons. The van der Waals surface area contributed by atoms with Gasteiger partial charge in [-0.05, 0) is 58.7 Å². The fourth-order valence-electron chi connectivity index (χ4n) is 4.16. The SMILES string of the molecule is CC(C)(C)OC(=O)N1CC(C(Cc2ccccc2)N2CCC(C(=O)O)CC2)C1. The second kappa shape index (κ2) is 8.52. The fraction of sp³-hybridized carbons (Fsp3) is 0.636. The molecule has 3 rings (SSSR count). The van der Waals surface area contributed by atoms with Gasteiger partial charge in [-0.15, -0.1) is 0 Å². The summed E-state index contributed by atoms with van der Waals surface area (Å²) >= 11 is 0. The number of carbonyl (C=O) groups excluding carboxylic acids is 1. The van der Waals surface area contributed by atoms with Gasteiger partial charge in [0.25, 0.3) is 0 Å². The Morgan fingerprint density at radius 2 is 1.75 bits per heavy atom. The lowest BCUT2D eigenvalue weighted by Crippen LogP contribution is -2.60. The second-order valence-electron chi connectivity index (χ2n) is 9.05. The molecule has 2 fully saturated rings. The molecule has 2 aliphatic heterocycles. The van der Waals surface area contributed by atoms with Crippen molar-refractivity contribution >= 4 is 12.1 Å². The number of hydrogen-bond acceptors (Lipinski definition) is 4. The third-order valence-corrected chi connectivity index (χ3v) is 5.74. The molecule has 2 heterocycles. The van der Waals surface area contributed by atoms with Crippen molar-refractivity contribution in [1.82, 2.24) is 9.80 Å². The normalized spacial score (nSPS) is 20.5. The minimum Gasteiger partial charge on any atom is -0.481 e. The van der Waals surface area contributed by atoms with E-state index in [1.807, 2.05) is 26.8 Å². The van der Waals surface area contributed by atoms with E-state index in [9.17, 15) is 14.7 Å². The molecule has 1 amide bonds. The van der Waals surface area contributed by atoms with Crippen LogP contribution in [0.3, 0.4) is 0 Å². The monoisotopic (exact) mass is 388 g/mol. The number of aliphatic carboxylic acids is 1. The number of rotatable bonds is 5. The minimum absolute atomic E-state index is 0.228. The molecular weight excluding hydrogens is 356 g/mol. The molecule has 2 aliphatic rings. The molecule has 28 heavy (non-hydrogen) atoms. The van der Waals surface area contributed by atoms with Crippen LogP contribution in [0.5, 0.6) is 0 Å². The molecule has 1 unspecified atom stereocenters. The van der Waals surface area contributed by atoms with Gasteiger partial charge in [-0.25, -0.2) is 4.79 Å². The molecule has 154 valence electrons. The number of carboxylic acids is 1. The van der Waals surface area contributed by atoms with Gasteiger partial charge in [0.2, 0.25) is 0 Å². The smallest absolute Gasteiger partial charge is 0.410 e. The quantitative estimate of drug-likeness (QED) is 0.838. The Balaban J connectivity index is 1.63. The van der Waals surface area contributed by atoms with E-state index in [0.29, 0.717) is 37.9 Å². The van der Waals surface area contributed by atoms with Crippen molar-refractivity contribution in [1.29, 1.82) is 0 Å². The zero-order chi connectivity index (χ0) is 20.3. The van der Waals surface area contributed by atoms with Crippen LogP contribution in [0, 0.1) is 11.8 Å². The summed E-state index contributed by atoms with van der Waals surface area (Å²) in [6, 6.07) is 10.7. The summed E-state index contributed by atoms with van der Waals surface area (Å²) in [5, 5.41) is 9.28. The Kier molecular flexibility index (Phi) is 6.28. The van der Waals surface area contributed by atoms with Gasteiger partial charge in [0.15, 0.2) is 0 Å². The number of hydrogen-bond donors (Lipinski definition) is 1. The molecule has 1 N–H and O–H groups in total. The fourth-order valence-corrected chi connectivity index (χ4v) is 4.16. The van der Waals surface area contributed by atoms with Gasteiger partial charge >= 0.3 is 12.1 Å². The molecule has 0 aliphatic carbocycles. The molecule has 6 nitrogen and oxygen atoms in total. The van der Waals surface area contributed by atoms with Gasteiger partial charge in [-0.3, -0.25) is 9.69 Å². The molecule has 0 aromatic heterocycles. The van der Waals surface area contributed by atoms with E-state index < -0.39 is 11.6 Å². The van der Waals surface area contributed by atoms with Crippen LogP contribution in [0.15, 0.2) is 30.3 Å². The Morgan fingerprint density at radius 3 is 2.29 bits per heavy atom. The van der Waals surface area contributed by atoms with Crippen molar-refractivity contribution in [3.63, 3.8) is 0 Å². The van der Waals surface area contributed by atoms with Crippen molar-refractivity contribution in [3.8, 4) is 0 Å². The van der Waals surface area contributed by atoms with E-state index in [1.165, 1.54) is 5.56 Å². The van der Waals surface area contributed by atoms with Crippen molar-refractivity contribution < 1.29 is 19.4 Å². The highest BCUT2D eigenvalue weighted by Gasteiger charge is 2.41. The van der Waals surface area contributed by atoms with Gasteiger partial charge in [-0.1, -0.05) is 30.3 Å². The molecule has 0 spiro atoms. The zero-order valence-corrected chi connectivity index (χ0v) is 17.1. The predicted octanol–water partition coefficient (Wildman–Crippen LogP) is 3.26. The first-order chi connectivity index (χ1) is 13.2. The van der Waals surface area contributed by atoms with E-state index in [2.05, 4.69) is 29.2 Å². The van der Waals surface area contributed by atoms with E-state index in [1.54, 1.807) is 4.90 Å². The first-order valence-corrected chi connectivity index (χ1v) is 10.2. The Bertz CT molecular complexity index is 672. The molecule has 1 atom stereocenters. The largest absolute Gasteiger partial charge is 0.481 e. The first kappa shape index (κ1) is 20.6. The molecule has 1 aromatic rings. The highest BCUT2D eigenvalue weighted by Crippen LogP contribution is 2.30. The van der Waals surface area contributed by atoms with Crippen molar-refractivity contribution in [3.05, 3.63) is 35.9 Å². The number of nitrogens with zero attached hydrogens (tertiary/aromatic N) is 2. The highest BCUT2D eigenvalue weighted by molar-refractivity contribution is 5.70. The van der Waals surface area contributed by atoms with Crippen LogP contribution in [0.1, 0.15) is 39.2 Å². The summed E-state index contributed by atoms with van der Waals surface area (Å²) in [5.74, 6) is -0.526. The van der Waals surface area contributed by atoms with Crippen molar-refractivity contribution in [2.75, 3.05) is 26.2 Å². The van der Waals surface area contributed by atoms with Gasteiger partial charge in [-0.2, -0.15) is 0 Å². The standard InChI is InChI=1S/C22H32N2O4/c1-22(2,3)28-21(27)24-14-18(15-24)19(13-16-7-5-4-6-8-16)23-11-9-17(10-12-23)20(25)26/h4-8,17-19H,9-15H2,1-3H3,(H,25,26). The lowest BCUT2D eigenvalue weighted by molar-refractivity contribution is -0.143. The van der Waals surface area contributed by atoms with Crippen molar-refractivity contribution in [2.24, 2.45) is 11.8 Å². The topological polar surface area (TPSA) is 70.1 Å². The minimum atomic E-state index is -0.681. The number of benzene rings is 1. The van der Waals surface area contributed by atoms with E-state index in [4.69, 9.17) is 4.74 Å². The van der Waals surface area contributed by atoms with E-state index >= 15 is 0 Å². The molecule has 0 saturated carbocycles. The Morgan fingerprint density at radius 1 is 1.14 bits per heavy atom. The molecule has 1 aromatic carbocycles. The van der Waals surface area contributed by atoms with E-state index in [0.717, 1.165) is 19.5 Å². The number of carbonyl (C=O) groups is 2. The number of carboxylic acid groups (broad SMARTS) is 1. The Labute approximate surface area is 167 Å². The van der Waals surface area contributed by atoms with Crippen LogP contribution in [0.4, 0.5) is 4.79 Å². The summed E-state index contributed by atoms with van der Waals surface area (Å²) in [6.07, 6.45) is 2.07. The maximum atomic E-state index is 12.3. The zero-order valence-electron chi connectivity index (χ0n) is 17.1. The third kappa shape index (κ3) is 5.25. The van der Waals surface area contributed by atoms with Gasteiger partial charge in [0, 0.05) is 25.0 Å². The van der Waals surface area contributed by atoms with Crippen molar-refractivity contribution in [2.45, 2.75) is 51.7 Å². The van der Waals surface area contributed by atoms with Gasteiger partial charge in [0.05, 0.1) is 5.92 Å². The summed E-state index contributed by atoms with van der Waals surface area (Å²) in [4.78, 5) is 27.8. The van der Waals surface area contributed by atoms with Crippen LogP contribution in [0.2, 0.25) is 0 Å². The average molecular weight is 389 g/mol. The number of likely N-dealkylation sites (tertiary alicyclic amines) is 2. The number of piperidine rings is 1. The van der Waals surface area contributed by atoms with Crippen LogP contribution >= 0.6 is 0 Å². The molecule has 6 heteroatoms. The van der Waals surface area contributed by atoms with Crippen LogP contribution in [-0.2, 0) is 16.0 Å². The maximum absolute atomic E-state index is 12.3. The number of amides is 1. The third-order valence-electron chi connectivity index (χ3n) is 5.74. The molecule has 0 bridgehead atoms. The Hall–Kier alpha value is -2.08. The molecular formula is C22H32N2O4. The van der Waals surface area contributed by atoms with Crippen LogP contribution in [0.25, 0.3) is 0 Å². The van der Waals surface area contributed by atoms with Crippen LogP contribution in [-0.4, -0.2) is 64.8 Å². The first-order valence-electron chi connectivity index (χ1n) is 10.2. The maximum Gasteiger partial charge on any atom is 0.410 e. The lowest BCUT2D eigenvalue weighted by Gasteiger charge is -2.48. The predicted molar refractivity (Wildman–Crippen MR) is 107 cm³/mol. The van der Waals surface area contributed by atoms with Gasteiger partial charge < -0.3 is 14.7 Å². The lowest BCUT2D eigenvalue weighted by atomic mass is 9.84. The summed E-state index contributed by atoms with van der Waals surface area (Å²) in [5.41, 5.74) is 0.799. The van der Waals surface area contributed by atoms with Gasteiger partial charge in [0.1, 0.15) is 5.60 Å². The average Bonchev–Trinajstić information content (AvgIpc) is 2.59. The molecule has 2 saturated heterocycles. The number of ether oxygens (including phenoxy) is 1. The summed E-state index contributed by atoms with van der Waals surface area (Å²) in [7, 11) is 0. The van der Waals surface area contributed by atoms with E-state index in [-0.39, 0.29) is 12.0 Å².